The Bertz CT molecular complexity index is 575. The lowest BCUT2D eigenvalue weighted by molar-refractivity contribution is -0.124. The Morgan fingerprint density at radius 3 is 2.20 bits per heavy atom. The molecule has 0 aliphatic carbocycles. The van der Waals surface area contributed by atoms with Crippen LogP contribution in [0.1, 0.15) is 36.6 Å². The molecule has 1 amide bonds. The van der Waals surface area contributed by atoms with Crippen LogP contribution in [-0.4, -0.2) is 5.91 Å². The Balaban J connectivity index is 2.37. The van der Waals surface area contributed by atoms with Gasteiger partial charge in [-0.25, -0.2) is 0 Å². The van der Waals surface area contributed by atoms with E-state index in [9.17, 15) is 4.79 Å². The third kappa shape index (κ3) is 3.47. The van der Waals surface area contributed by atoms with Gasteiger partial charge in [0.05, 0.1) is 6.04 Å². The minimum absolute atomic E-state index is 0.0222. The van der Waals surface area contributed by atoms with Crippen molar-refractivity contribution in [3.63, 3.8) is 0 Å². The Hall–Kier alpha value is -2.09. The molecule has 2 nitrogen and oxygen atoms in total. The first-order valence-corrected chi connectivity index (χ1v) is 7.00. The first-order valence-electron chi connectivity index (χ1n) is 7.00. The molecule has 0 fully saturated rings. The highest BCUT2D eigenvalue weighted by atomic mass is 16.1. The van der Waals surface area contributed by atoms with Gasteiger partial charge < -0.3 is 5.32 Å². The van der Waals surface area contributed by atoms with Crippen LogP contribution in [0.4, 0.5) is 0 Å². The predicted octanol–water partition coefficient (Wildman–Crippen LogP) is 3.86. The van der Waals surface area contributed by atoms with Crippen molar-refractivity contribution in [1.82, 2.24) is 5.32 Å². The van der Waals surface area contributed by atoms with Gasteiger partial charge in [0.25, 0.3) is 0 Å². The predicted molar refractivity (Wildman–Crippen MR) is 82.4 cm³/mol. The zero-order chi connectivity index (χ0) is 14.5. The van der Waals surface area contributed by atoms with Crippen LogP contribution < -0.4 is 5.32 Å². The maximum Gasteiger partial charge on any atom is 0.223 e. The molecule has 0 bridgehead atoms. The number of aryl methyl sites for hydroxylation is 1. The van der Waals surface area contributed by atoms with Crippen molar-refractivity contribution < 1.29 is 4.79 Å². The van der Waals surface area contributed by atoms with E-state index >= 15 is 0 Å². The molecule has 0 spiro atoms. The number of amides is 1. The largest absolute Gasteiger partial charge is 0.345 e. The summed E-state index contributed by atoms with van der Waals surface area (Å²) >= 11 is 0. The maximum atomic E-state index is 12.1. The number of nitrogens with one attached hydrogen (secondary N) is 1. The fourth-order valence-corrected chi connectivity index (χ4v) is 2.16. The van der Waals surface area contributed by atoms with Gasteiger partial charge in [-0.15, -0.1) is 0 Å². The lowest BCUT2D eigenvalue weighted by Gasteiger charge is -2.21. The van der Waals surface area contributed by atoms with E-state index in [0.29, 0.717) is 0 Å². The van der Waals surface area contributed by atoms with Crippen LogP contribution in [0.3, 0.4) is 0 Å². The summed E-state index contributed by atoms with van der Waals surface area (Å²) in [5.74, 6) is 0.0476. The van der Waals surface area contributed by atoms with Gasteiger partial charge in [-0.2, -0.15) is 0 Å². The Morgan fingerprint density at radius 1 is 0.950 bits per heavy atom. The minimum Gasteiger partial charge on any atom is -0.345 e. The highest BCUT2D eigenvalue weighted by Gasteiger charge is 2.18. The number of hydrogen-bond donors (Lipinski definition) is 1. The van der Waals surface area contributed by atoms with Crippen LogP contribution in [0.25, 0.3) is 0 Å². The molecule has 1 atom stereocenters. The molecule has 2 heteroatoms. The van der Waals surface area contributed by atoms with E-state index < -0.39 is 0 Å². The lowest BCUT2D eigenvalue weighted by atomic mass is 9.96. The molecule has 0 aliphatic heterocycles. The van der Waals surface area contributed by atoms with Crippen LogP contribution in [0.15, 0.2) is 54.6 Å². The van der Waals surface area contributed by atoms with Gasteiger partial charge in [0.1, 0.15) is 0 Å². The van der Waals surface area contributed by atoms with Gasteiger partial charge in [-0.05, 0) is 18.1 Å². The summed E-state index contributed by atoms with van der Waals surface area (Å²) in [6, 6.07) is 18.3. The summed E-state index contributed by atoms with van der Waals surface area (Å²) in [7, 11) is 0. The van der Waals surface area contributed by atoms with Crippen molar-refractivity contribution in [2.24, 2.45) is 5.92 Å². The zero-order valence-corrected chi connectivity index (χ0v) is 12.3. The average molecular weight is 267 g/mol. The van der Waals surface area contributed by atoms with Crippen LogP contribution in [0, 0.1) is 12.8 Å². The number of carbonyl (C=O) groups excluding carboxylic acids is 1. The molecule has 2 aromatic carbocycles. The quantitative estimate of drug-likeness (QED) is 0.895. The van der Waals surface area contributed by atoms with E-state index in [2.05, 4.69) is 30.4 Å². The van der Waals surface area contributed by atoms with Crippen LogP contribution in [-0.2, 0) is 4.79 Å². The first-order chi connectivity index (χ1) is 9.58. The second kappa shape index (κ2) is 6.38. The summed E-state index contributed by atoms with van der Waals surface area (Å²) in [4.78, 5) is 12.1. The summed E-state index contributed by atoms with van der Waals surface area (Å²) in [5.41, 5.74) is 3.42. The minimum atomic E-state index is -0.0917. The molecule has 104 valence electrons. The van der Waals surface area contributed by atoms with Crippen molar-refractivity contribution in [2.75, 3.05) is 0 Å². The molecule has 2 rings (SSSR count). The Morgan fingerprint density at radius 2 is 1.60 bits per heavy atom. The monoisotopic (exact) mass is 267 g/mol. The summed E-state index contributed by atoms with van der Waals surface area (Å²) in [6.07, 6.45) is 0. The molecule has 20 heavy (non-hydrogen) atoms. The molecule has 0 aliphatic rings. The summed E-state index contributed by atoms with van der Waals surface area (Å²) in [5, 5.41) is 3.14. The van der Waals surface area contributed by atoms with E-state index in [0.717, 1.165) is 11.1 Å². The van der Waals surface area contributed by atoms with Gasteiger partial charge in [0, 0.05) is 5.92 Å². The van der Waals surface area contributed by atoms with Crippen molar-refractivity contribution in [1.29, 1.82) is 0 Å². The molecular weight excluding hydrogens is 246 g/mol. The van der Waals surface area contributed by atoms with E-state index in [-0.39, 0.29) is 17.9 Å². The van der Waals surface area contributed by atoms with E-state index in [1.54, 1.807) is 0 Å². The van der Waals surface area contributed by atoms with Gasteiger partial charge in [-0.1, -0.05) is 74.0 Å². The Labute approximate surface area is 120 Å². The highest BCUT2D eigenvalue weighted by molar-refractivity contribution is 5.78. The standard InChI is InChI=1S/C18H21NO/c1-13(2)18(20)19-17(15-9-5-4-6-10-15)16-11-7-8-14(3)12-16/h4-13,17H,1-3H3,(H,19,20)/t17-/m0/s1. The highest BCUT2D eigenvalue weighted by Crippen LogP contribution is 2.23. The fourth-order valence-electron chi connectivity index (χ4n) is 2.16. The fraction of sp³-hybridized carbons (Fsp3) is 0.278. The number of rotatable bonds is 4. The van der Waals surface area contributed by atoms with Crippen LogP contribution in [0.2, 0.25) is 0 Å². The van der Waals surface area contributed by atoms with Crippen molar-refractivity contribution in [2.45, 2.75) is 26.8 Å². The molecule has 0 aromatic heterocycles. The maximum absolute atomic E-state index is 12.1. The van der Waals surface area contributed by atoms with Gasteiger partial charge >= 0.3 is 0 Å². The molecular formula is C18H21NO. The van der Waals surface area contributed by atoms with Crippen LogP contribution in [0.5, 0.6) is 0 Å². The van der Waals surface area contributed by atoms with E-state index in [1.165, 1.54) is 5.56 Å². The Kier molecular flexibility index (Phi) is 4.57. The average Bonchev–Trinajstić information content (AvgIpc) is 2.45. The van der Waals surface area contributed by atoms with E-state index in [1.807, 2.05) is 50.2 Å². The molecule has 0 unspecified atom stereocenters. The summed E-state index contributed by atoms with van der Waals surface area (Å²) < 4.78 is 0. The van der Waals surface area contributed by atoms with Gasteiger partial charge in [0.2, 0.25) is 5.91 Å². The number of carbonyl (C=O) groups is 1. The normalized spacial score (nSPS) is 12.2. The zero-order valence-electron chi connectivity index (χ0n) is 12.3. The lowest BCUT2D eigenvalue weighted by Crippen LogP contribution is -2.32. The third-order valence-corrected chi connectivity index (χ3v) is 3.32. The van der Waals surface area contributed by atoms with Gasteiger partial charge in [0.15, 0.2) is 0 Å². The van der Waals surface area contributed by atoms with E-state index in [4.69, 9.17) is 0 Å². The summed E-state index contributed by atoms with van der Waals surface area (Å²) in [6.45, 7) is 5.89. The molecule has 1 N–H and O–H groups in total. The second-order valence-corrected chi connectivity index (χ2v) is 5.42. The topological polar surface area (TPSA) is 29.1 Å². The van der Waals surface area contributed by atoms with Crippen LogP contribution >= 0.6 is 0 Å². The molecule has 0 saturated heterocycles. The smallest absolute Gasteiger partial charge is 0.223 e. The van der Waals surface area contributed by atoms with Crippen molar-refractivity contribution >= 4 is 5.91 Å². The molecule has 0 saturated carbocycles. The second-order valence-electron chi connectivity index (χ2n) is 5.42. The van der Waals surface area contributed by atoms with Crippen molar-refractivity contribution in [3.05, 3.63) is 71.3 Å². The number of benzene rings is 2. The molecule has 0 heterocycles. The third-order valence-electron chi connectivity index (χ3n) is 3.32. The molecule has 0 radical (unpaired) electrons. The SMILES string of the molecule is Cc1cccc([C@@H](NC(=O)C(C)C)c2ccccc2)c1. The van der Waals surface area contributed by atoms with Gasteiger partial charge in [-0.3, -0.25) is 4.79 Å². The molecule has 2 aromatic rings. The number of hydrogen-bond acceptors (Lipinski definition) is 1. The first kappa shape index (κ1) is 14.3. The van der Waals surface area contributed by atoms with Crippen molar-refractivity contribution in [3.8, 4) is 0 Å².